The van der Waals surface area contributed by atoms with Crippen LogP contribution in [0.1, 0.15) is 36.1 Å². The topological polar surface area (TPSA) is 3.24 Å². The molecule has 0 fully saturated rings. The molecule has 26 heavy (non-hydrogen) atoms. The Bertz CT molecular complexity index is 880. The van der Waals surface area contributed by atoms with E-state index in [-0.39, 0.29) is 0 Å². The lowest BCUT2D eigenvalue weighted by molar-refractivity contribution is 0.646. The third-order valence-electron chi connectivity index (χ3n) is 5.21. The van der Waals surface area contributed by atoms with Gasteiger partial charge >= 0.3 is 0 Å². The van der Waals surface area contributed by atoms with Crippen LogP contribution in [-0.4, -0.2) is 0 Å². The third kappa shape index (κ3) is 3.53. The highest BCUT2D eigenvalue weighted by atomic mass is 15.1. The van der Waals surface area contributed by atoms with Crippen molar-refractivity contribution in [3.63, 3.8) is 0 Å². The monoisotopic (exact) mass is 341 g/mol. The van der Waals surface area contributed by atoms with Crippen LogP contribution in [-0.2, 0) is 25.8 Å². The van der Waals surface area contributed by atoms with Gasteiger partial charge < -0.3 is 4.90 Å². The van der Waals surface area contributed by atoms with Gasteiger partial charge in [-0.1, -0.05) is 74.5 Å². The molecular formula is C25H27N. The Morgan fingerprint density at radius 1 is 0.731 bits per heavy atom. The molecule has 1 heteroatoms. The summed E-state index contributed by atoms with van der Waals surface area (Å²) in [5, 5.41) is 0. The summed E-state index contributed by atoms with van der Waals surface area (Å²) in [6, 6.07) is 26.8. The maximum Gasteiger partial charge on any atom is 0.0481 e. The second-order valence-electron chi connectivity index (χ2n) is 7.76. The van der Waals surface area contributed by atoms with Gasteiger partial charge in [-0.2, -0.15) is 0 Å². The van der Waals surface area contributed by atoms with E-state index in [0.717, 1.165) is 25.8 Å². The number of fused-ring (bicyclic) bond motifs is 2. The number of anilines is 2. The molecule has 0 saturated heterocycles. The van der Waals surface area contributed by atoms with Gasteiger partial charge in [-0.3, -0.25) is 0 Å². The molecule has 0 aromatic heterocycles. The normalized spacial score (nSPS) is 13.3. The predicted octanol–water partition coefficient (Wildman–Crippen LogP) is 6.32. The first-order valence-corrected chi connectivity index (χ1v) is 9.72. The number of nitrogens with zero attached hydrogens (tertiary/aromatic N) is 1. The summed E-state index contributed by atoms with van der Waals surface area (Å²) in [4.78, 5) is 2.51. The van der Waals surface area contributed by atoms with Crippen molar-refractivity contribution in [1.82, 2.24) is 0 Å². The zero-order valence-corrected chi connectivity index (χ0v) is 15.8. The predicted molar refractivity (Wildman–Crippen MR) is 111 cm³/mol. The van der Waals surface area contributed by atoms with Gasteiger partial charge in [-0.05, 0) is 59.6 Å². The van der Waals surface area contributed by atoms with E-state index >= 15 is 0 Å². The molecule has 0 aliphatic carbocycles. The minimum absolute atomic E-state index is 0.691. The average Bonchev–Trinajstić information content (AvgIpc) is 2.80. The lowest BCUT2D eigenvalue weighted by Crippen LogP contribution is -2.18. The first-order valence-electron chi connectivity index (χ1n) is 9.72. The standard InChI is InChI=1S/C25H27N/c1-19(2)16-21-12-15-25-23(17-21)14-13-22-10-6-7-11-24(22)26(25)18-20-8-4-3-5-9-20/h3-12,15,17,19H,13-14,16,18H2,1-2H3. The molecule has 1 aliphatic rings. The number of benzene rings is 3. The highest BCUT2D eigenvalue weighted by molar-refractivity contribution is 5.71. The molecule has 0 N–H and O–H groups in total. The Hall–Kier alpha value is -2.54. The van der Waals surface area contributed by atoms with Crippen molar-refractivity contribution in [3.05, 3.63) is 95.1 Å². The van der Waals surface area contributed by atoms with Crippen LogP contribution in [0.5, 0.6) is 0 Å². The zero-order chi connectivity index (χ0) is 17.9. The lowest BCUT2D eigenvalue weighted by Gasteiger charge is -2.27. The maximum absolute atomic E-state index is 2.51. The summed E-state index contributed by atoms with van der Waals surface area (Å²) >= 11 is 0. The molecule has 0 spiro atoms. The molecule has 0 atom stereocenters. The minimum Gasteiger partial charge on any atom is -0.337 e. The van der Waals surface area contributed by atoms with Crippen molar-refractivity contribution in [2.45, 2.75) is 39.7 Å². The summed E-state index contributed by atoms with van der Waals surface area (Å²) < 4.78 is 0. The molecule has 0 bridgehead atoms. The van der Waals surface area contributed by atoms with Crippen LogP contribution in [0.25, 0.3) is 0 Å². The third-order valence-corrected chi connectivity index (χ3v) is 5.21. The summed E-state index contributed by atoms with van der Waals surface area (Å²) in [6.45, 7) is 5.50. The lowest BCUT2D eigenvalue weighted by atomic mass is 9.97. The van der Waals surface area contributed by atoms with Crippen molar-refractivity contribution >= 4 is 11.4 Å². The van der Waals surface area contributed by atoms with Crippen LogP contribution >= 0.6 is 0 Å². The Labute approximate surface area is 157 Å². The van der Waals surface area contributed by atoms with Crippen LogP contribution < -0.4 is 4.90 Å². The number of hydrogen-bond donors (Lipinski definition) is 0. The smallest absolute Gasteiger partial charge is 0.0481 e. The highest BCUT2D eigenvalue weighted by Gasteiger charge is 2.21. The van der Waals surface area contributed by atoms with E-state index < -0.39 is 0 Å². The first kappa shape index (κ1) is 16.9. The fourth-order valence-corrected chi connectivity index (χ4v) is 4.02. The van der Waals surface area contributed by atoms with Crippen molar-refractivity contribution < 1.29 is 0 Å². The van der Waals surface area contributed by atoms with Crippen molar-refractivity contribution in [3.8, 4) is 0 Å². The fourth-order valence-electron chi connectivity index (χ4n) is 4.02. The largest absolute Gasteiger partial charge is 0.337 e. The summed E-state index contributed by atoms with van der Waals surface area (Å²) in [5.74, 6) is 0.691. The molecular weight excluding hydrogens is 314 g/mol. The number of rotatable bonds is 4. The van der Waals surface area contributed by atoms with E-state index in [1.54, 1.807) is 0 Å². The van der Waals surface area contributed by atoms with Gasteiger partial charge in [0, 0.05) is 17.9 Å². The second kappa shape index (κ2) is 7.37. The van der Waals surface area contributed by atoms with Crippen molar-refractivity contribution in [2.24, 2.45) is 5.92 Å². The maximum atomic E-state index is 2.51. The Morgan fingerprint density at radius 3 is 2.23 bits per heavy atom. The Balaban J connectivity index is 1.78. The molecule has 0 saturated carbocycles. The average molecular weight is 341 g/mol. The fraction of sp³-hybridized carbons (Fsp3) is 0.280. The van der Waals surface area contributed by atoms with Gasteiger partial charge in [0.05, 0.1) is 0 Å². The summed E-state index contributed by atoms with van der Waals surface area (Å²) in [6.07, 6.45) is 3.38. The highest BCUT2D eigenvalue weighted by Crippen LogP contribution is 2.37. The van der Waals surface area contributed by atoms with Crippen LogP contribution in [0.15, 0.2) is 72.8 Å². The van der Waals surface area contributed by atoms with Crippen LogP contribution in [0.2, 0.25) is 0 Å². The van der Waals surface area contributed by atoms with E-state index in [1.165, 1.54) is 33.6 Å². The van der Waals surface area contributed by atoms with Crippen molar-refractivity contribution in [1.29, 1.82) is 0 Å². The summed E-state index contributed by atoms with van der Waals surface area (Å²) in [5.41, 5.74) is 8.46. The van der Waals surface area contributed by atoms with Crippen LogP contribution in [0.4, 0.5) is 11.4 Å². The second-order valence-corrected chi connectivity index (χ2v) is 7.76. The molecule has 1 nitrogen and oxygen atoms in total. The quantitative estimate of drug-likeness (QED) is 0.536. The van der Waals surface area contributed by atoms with E-state index in [4.69, 9.17) is 0 Å². The van der Waals surface area contributed by atoms with Crippen molar-refractivity contribution in [2.75, 3.05) is 4.90 Å². The molecule has 132 valence electrons. The Kier molecular flexibility index (Phi) is 4.79. The van der Waals surface area contributed by atoms with Crippen LogP contribution in [0.3, 0.4) is 0 Å². The molecule has 0 amide bonds. The minimum atomic E-state index is 0.691. The molecule has 0 radical (unpaired) electrons. The molecule has 4 rings (SSSR count). The molecule has 1 heterocycles. The van der Waals surface area contributed by atoms with Gasteiger partial charge in [0.1, 0.15) is 0 Å². The summed E-state index contributed by atoms with van der Waals surface area (Å²) in [7, 11) is 0. The van der Waals surface area contributed by atoms with Crippen LogP contribution in [0, 0.1) is 5.92 Å². The van der Waals surface area contributed by atoms with E-state index in [9.17, 15) is 0 Å². The molecule has 3 aromatic rings. The van der Waals surface area contributed by atoms with E-state index in [1.807, 2.05) is 0 Å². The van der Waals surface area contributed by atoms with Gasteiger partial charge in [0.25, 0.3) is 0 Å². The zero-order valence-electron chi connectivity index (χ0n) is 15.8. The number of aryl methyl sites for hydroxylation is 2. The Morgan fingerprint density at radius 2 is 1.42 bits per heavy atom. The first-order chi connectivity index (χ1) is 12.7. The van der Waals surface area contributed by atoms with E-state index in [0.29, 0.717) is 5.92 Å². The van der Waals surface area contributed by atoms with Gasteiger partial charge in [0.2, 0.25) is 0 Å². The number of para-hydroxylation sites is 1. The molecule has 3 aromatic carbocycles. The SMILES string of the molecule is CC(C)Cc1ccc2c(c1)CCc1ccccc1N2Cc1ccccc1. The van der Waals surface area contributed by atoms with Gasteiger partial charge in [-0.25, -0.2) is 0 Å². The molecule has 0 unspecified atom stereocenters. The number of hydrogen-bond acceptors (Lipinski definition) is 1. The molecule has 1 aliphatic heterocycles. The van der Waals surface area contributed by atoms with Gasteiger partial charge in [-0.15, -0.1) is 0 Å². The van der Waals surface area contributed by atoms with E-state index in [2.05, 4.69) is 91.5 Å². The van der Waals surface area contributed by atoms with Gasteiger partial charge in [0.15, 0.2) is 0 Å².